The van der Waals surface area contributed by atoms with Crippen LogP contribution >= 0.6 is 11.5 Å². The van der Waals surface area contributed by atoms with Crippen LogP contribution in [0.15, 0.2) is 54.6 Å². The van der Waals surface area contributed by atoms with Crippen LogP contribution in [0.5, 0.6) is 0 Å². The maximum atomic E-state index is 4.79. The largest absolute Gasteiger partial charge is 0.347 e. The molecule has 1 saturated heterocycles. The van der Waals surface area contributed by atoms with Gasteiger partial charge in [-0.2, -0.15) is 4.37 Å². The molecule has 1 aromatic heterocycles. The molecule has 2 heterocycles. The number of anilines is 1. The Hall–Kier alpha value is -2.20. The third-order valence-corrected chi connectivity index (χ3v) is 6.01. The van der Waals surface area contributed by atoms with E-state index in [2.05, 4.69) is 70.8 Å². The van der Waals surface area contributed by atoms with Gasteiger partial charge in [-0.25, -0.2) is 4.98 Å². The predicted octanol–water partition coefficient (Wildman–Crippen LogP) is 4.90. The monoisotopic (exact) mass is 363 g/mol. The molecule has 0 N–H and O–H groups in total. The van der Waals surface area contributed by atoms with E-state index < -0.39 is 0 Å². The highest BCUT2D eigenvalue weighted by Gasteiger charge is 2.22. The van der Waals surface area contributed by atoms with E-state index in [1.54, 1.807) is 11.5 Å². The summed E-state index contributed by atoms with van der Waals surface area (Å²) in [5.41, 5.74) is 4.03. The average Bonchev–Trinajstić information content (AvgIpc) is 3.14. The van der Waals surface area contributed by atoms with Crippen molar-refractivity contribution in [3.63, 3.8) is 0 Å². The van der Waals surface area contributed by atoms with Crippen molar-refractivity contribution in [1.29, 1.82) is 0 Å². The first kappa shape index (κ1) is 17.2. The first-order valence-electron chi connectivity index (χ1n) is 9.43. The zero-order valence-corrected chi connectivity index (χ0v) is 16.1. The highest BCUT2D eigenvalue weighted by molar-refractivity contribution is 7.09. The molecule has 3 aromatic rings. The van der Waals surface area contributed by atoms with Crippen molar-refractivity contribution in [3.05, 3.63) is 77.1 Å². The fourth-order valence-electron chi connectivity index (χ4n) is 3.61. The number of benzene rings is 2. The minimum absolute atomic E-state index is 0.786. The summed E-state index contributed by atoms with van der Waals surface area (Å²) in [5, 5.41) is 1.09. The standard InChI is InChI=1S/C22H25N3S/c1-17-7-9-19(10-8-17)16-21-23-22(26-24-21)25-13-11-20(12-14-25)15-18-5-3-2-4-6-18/h2-10,20H,11-16H2,1H3. The summed E-state index contributed by atoms with van der Waals surface area (Å²) in [4.78, 5) is 7.21. The van der Waals surface area contributed by atoms with Crippen LogP contribution in [0.2, 0.25) is 0 Å². The summed E-state index contributed by atoms with van der Waals surface area (Å²) in [6.07, 6.45) is 4.49. The van der Waals surface area contributed by atoms with Crippen LogP contribution < -0.4 is 4.90 Å². The number of nitrogens with zero attached hydrogens (tertiary/aromatic N) is 3. The molecule has 1 fully saturated rings. The minimum Gasteiger partial charge on any atom is -0.347 e. The molecule has 4 heteroatoms. The molecule has 4 rings (SSSR count). The Labute approximate surface area is 159 Å². The smallest absolute Gasteiger partial charge is 0.205 e. The number of hydrogen-bond acceptors (Lipinski definition) is 4. The van der Waals surface area contributed by atoms with Crippen LogP contribution in [-0.4, -0.2) is 22.4 Å². The van der Waals surface area contributed by atoms with Gasteiger partial charge in [-0.1, -0.05) is 60.2 Å². The average molecular weight is 364 g/mol. The quantitative estimate of drug-likeness (QED) is 0.646. The van der Waals surface area contributed by atoms with Gasteiger partial charge in [0.15, 0.2) is 0 Å². The van der Waals surface area contributed by atoms with Crippen LogP contribution in [0, 0.1) is 12.8 Å². The maximum Gasteiger partial charge on any atom is 0.205 e. The molecule has 1 aliphatic heterocycles. The van der Waals surface area contributed by atoms with Crippen molar-refractivity contribution >= 4 is 16.7 Å². The summed E-state index contributed by atoms with van der Waals surface area (Å²) >= 11 is 1.55. The van der Waals surface area contributed by atoms with Gasteiger partial charge in [0.05, 0.1) is 0 Å². The number of piperidine rings is 1. The van der Waals surface area contributed by atoms with Crippen LogP contribution in [0.3, 0.4) is 0 Å². The molecule has 134 valence electrons. The normalized spacial score (nSPS) is 15.3. The second-order valence-electron chi connectivity index (χ2n) is 7.28. The van der Waals surface area contributed by atoms with E-state index in [9.17, 15) is 0 Å². The van der Waals surface area contributed by atoms with Gasteiger partial charge in [0, 0.05) is 31.0 Å². The van der Waals surface area contributed by atoms with Crippen molar-refractivity contribution in [3.8, 4) is 0 Å². The summed E-state index contributed by atoms with van der Waals surface area (Å²) in [6.45, 7) is 4.30. The Bertz CT molecular complexity index is 818. The highest BCUT2D eigenvalue weighted by atomic mass is 32.1. The minimum atomic E-state index is 0.786. The molecule has 0 bridgehead atoms. The van der Waals surface area contributed by atoms with E-state index in [-0.39, 0.29) is 0 Å². The fraction of sp³-hybridized carbons (Fsp3) is 0.364. The van der Waals surface area contributed by atoms with Gasteiger partial charge in [-0.15, -0.1) is 0 Å². The van der Waals surface area contributed by atoms with Crippen LogP contribution in [0.1, 0.15) is 35.4 Å². The summed E-state index contributed by atoms with van der Waals surface area (Å²) in [6, 6.07) is 19.5. The molecular formula is C22H25N3S. The Balaban J connectivity index is 1.32. The number of aromatic nitrogens is 2. The van der Waals surface area contributed by atoms with E-state index in [4.69, 9.17) is 4.98 Å². The number of rotatable bonds is 5. The lowest BCUT2D eigenvalue weighted by molar-refractivity contribution is 0.403. The summed E-state index contributed by atoms with van der Waals surface area (Å²) in [7, 11) is 0. The summed E-state index contributed by atoms with van der Waals surface area (Å²) in [5.74, 6) is 1.73. The highest BCUT2D eigenvalue weighted by Crippen LogP contribution is 2.27. The Morgan fingerprint density at radius 3 is 2.42 bits per heavy atom. The van der Waals surface area contributed by atoms with Crippen molar-refractivity contribution in [2.45, 2.75) is 32.6 Å². The molecule has 2 aromatic carbocycles. The van der Waals surface area contributed by atoms with E-state index >= 15 is 0 Å². The van der Waals surface area contributed by atoms with Crippen LogP contribution in [-0.2, 0) is 12.8 Å². The summed E-state index contributed by atoms with van der Waals surface area (Å²) < 4.78 is 4.58. The van der Waals surface area contributed by atoms with Gasteiger partial charge in [-0.3, -0.25) is 0 Å². The van der Waals surface area contributed by atoms with Gasteiger partial charge in [-0.05, 0) is 43.2 Å². The SMILES string of the molecule is Cc1ccc(Cc2nsc(N3CCC(Cc4ccccc4)CC3)n2)cc1. The van der Waals surface area contributed by atoms with Crippen LogP contribution in [0.25, 0.3) is 0 Å². The van der Waals surface area contributed by atoms with E-state index in [0.29, 0.717) is 0 Å². The van der Waals surface area contributed by atoms with Gasteiger partial charge in [0.25, 0.3) is 0 Å². The molecule has 0 saturated carbocycles. The lowest BCUT2D eigenvalue weighted by Crippen LogP contribution is -2.34. The second-order valence-corrected chi connectivity index (χ2v) is 8.01. The molecule has 0 amide bonds. The fourth-order valence-corrected chi connectivity index (χ4v) is 4.35. The van der Waals surface area contributed by atoms with Gasteiger partial charge in [0.2, 0.25) is 5.13 Å². The van der Waals surface area contributed by atoms with E-state index in [1.165, 1.54) is 36.0 Å². The third kappa shape index (κ3) is 4.31. The molecule has 0 unspecified atom stereocenters. The lowest BCUT2D eigenvalue weighted by Gasteiger charge is -2.31. The first-order valence-corrected chi connectivity index (χ1v) is 10.2. The molecule has 0 spiro atoms. The van der Waals surface area contributed by atoms with Crippen molar-refractivity contribution in [2.75, 3.05) is 18.0 Å². The van der Waals surface area contributed by atoms with Crippen LogP contribution in [0.4, 0.5) is 5.13 Å². The first-order chi connectivity index (χ1) is 12.8. The molecule has 0 atom stereocenters. The third-order valence-electron chi connectivity index (χ3n) is 5.19. The van der Waals surface area contributed by atoms with Gasteiger partial charge < -0.3 is 4.90 Å². The molecular weight excluding hydrogens is 338 g/mol. The van der Waals surface area contributed by atoms with Crippen molar-refractivity contribution < 1.29 is 0 Å². The Kier molecular flexibility index (Phi) is 5.30. The second kappa shape index (κ2) is 8.00. The number of hydrogen-bond donors (Lipinski definition) is 0. The topological polar surface area (TPSA) is 29.0 Å². The molecule has 3 nitrogen and oxygen atoms in total. The Morgan fingerprint density at radius 2 is 1.69 bits per heavy atom. The lowest BCUT2D eigenvalue weighted by atomic mass is 9.90. The molecule has 0 aliphatic carbocycles. The zero-order valence-electron chi connectivity index (χ0n) is 15.3. The van der Waals surface area contributed by atoms with Gasteiger partial charge in [0.1, 0.15) is 5.82 Å². The maximum absolute atomic E-state index is 4.79. The van der Waals surface area contributed by atoms with E-state index in [0.717, 1.165) is 36.4 Å². The van der Waals surface area contributed by atoms with Gasteiger partial charge >= 0.3 is 0 Å². The van der Waals surface area contributed by atoms with E-state index in [1.807, 2.05) is 0 Å². The molecule has 0 radical (unpaired) electrons. The zero-order chi connectivity index (χ0) is 17.8. The predicted molar refractivity (Wildman–Crippen MR) is 109 cm³/mol. The molecule has 26 heavy (non-hydrogen) atoms. The number of aryl methyl sites for hydroxylation is 1. The molecule has 1 aliphatic rings. The van der Waals surface area contributed by atoms with Crippen molar-refractivity contribution in [2.24, 2.45) is 5.92 Å². The Morgan fingerprint density at radius 1 is 0.962 bits per heavy atom. The van der Waals surface area contributed by atoms with Crippen molar-refractivity contribution in [1.82, 2.24) is 9.36 Å².